The number of ether oxygens (including phenoxy) is 9. The lowest BCUT2D eigenvalue weighted by Gasteiger charge is -2.50. The average Bonchev–Trinajstić information content (AvgIpc) is 3.24. The molecule has 65 heavy (non-hydrogen) atoms. The van der Waals surface area contributed by atoms with E-state index in [9.17, 15) is 39.9 Å². The highest BCUT2D eigenvalue weighted by Crippen LogP contribution is 2.38. The molecule has 5 N–H and O–H groups in total. The van der Waals surface area contributed by atoms with Crippen LogP contribution >= 0.6 is 0 Å². The molecule has 3 saturated heterocycles. The van der Waals surface area contributed by atoms with E-state index in [2.05, 4.69) is 0 Å². The van der Waals surface area contributed by atoms with Crippen molar-refractivity contribution in [1.29, 1.82) is 0 Å². The minimum absolute atomic E-state index is 0.00288. The maximum Gasteiger partial charge on any atom is 0.308 e. The molecule has 0 aromatic carbocycles. The predicted octanol–water partition coefficient (Wildman–Crippen LogP) is 2.22. The Hall–Kier alpha value is -2.27. The van der Waals surface area contributed by atoms with Crippen molar-refractivity contribution < 1.29 is 82.5 Å². The first kappa shape index (κ1) is 55.3. The Bertz CT molecular complexity index is 1580. The quantitative estimate of drug-likeness (QED) is 0.124. The molecule has 18 heteroatoms. The summed E-state index contributed by atoms with van der Waals surface area (Å²) in [5.74, 6) is -3.31. The Morgan fingerprint density at radius 2 is 1.52 bits per heavy atom. The van der Waals surface area contributed by atoms with E-state index < -0.39 is 140 Å². The summed E-state index contributed by atoms with van der Waals surface area (Å²) in [5.41, 5.74) is -0.791. The van der Waals surface area contributed by atoms with Crippen LogP contribution in [0, 0.1) is 23.7 Å². The molecule has 4 aliphatic rings. The minimum Gasteiger partial charge on any atom is -0.462 e. The van der Waals surface area contributed by atoms with Gasteiger partial charge >= 0.3 is 5.97 Å². The number of cyclic esters (lactones) is 1. The number of nitrogens with zero attached hydrogens (tertiary/aromatic N) is 1. The van der Waals surface area contributed by atoms with E-state index in [1.165, 1.54) is 27.2 Å². The monoisotopic (exact) mass is 930 g/mol. The number of hydrogen-bond acceptors (Lipinski definition) is 18. The highest BCUT2D eigenvalue weighted by molar-refractivity contribution is 5.91. The predicted molar refractivity (Wildman–Crippen MR) is 235 cm³/mol. The normalized spacial score (nSPS) is 45.4. The number of allylic oxidation sites excluding steroid dienone is 3. The molecule has 21 atom stereocenters. The molecule has 0 spiro atoms. The second-order valence-electron chi connectivity index (χ2n) is 19.1. The maximum atomic E-state index is 13.8. The van der Waals surface area contributed by atoms with Crippen molar-refractivity contribution >= 4 is 18.0 Å². The van der Waals surface area contributed by atoms with Crippen molar-refractivity contribution in [2.75, 3.05) is 34.9 Å². The lowest BCUT2D eigenvalue weighted by molar-refractivity contribution is -0.342. The van der Waals surface area contributed by atoms with Crippen LogP contribution in [0.25, 0.3) is 0 Å². The van der Waals surface area contributed by atoms with Crippen LogP contribution in [0.3, 0.4) is 0 Å². The van der Waals surface area contributed by atoms with Crippen molar-refractivity contribution in [2.45, 2.75) is 198 Å². The number of hydrogen-bond donors (Lipinski definition) is 5. The molecule has 0 aliphatic carbocycles. The third-order valence-electron chi connectivity index (χ3n) is 13.7. The smallest absolute Gasteiger partial charge is 0.308 e. The number of methoxy groups -OCH3 is 2. The molecular weight excluding hydrogens is 851 g/mol. The van der Waals surface area contributed by atoms with Crippen molar-refractivity contribution in [3.8, 4) is 0 Å². The van der Waals surface area contributed by atoms with Gasteiger partial charge in [0.25, 0.3) is 0 Å². The number of ketones is 1. The lowest BCUT2D eigenvalue weighted by Crippen LogP contribution is -2.65. The summed E-state index contributed by atoms with van der Waals surface area (Å²) in [7, 11) is 6.46. The molecule has 3 fully saturated rings. The van der Waals surface area contributed by atoms with Crippen LogP contribution in [-0.2, 0) is 57.0 Å². The molecule has 0 bridgehead atoms. The van der Waals surface area contributed by atoms with Gasteiger partial charge in [0.1, 0.15) is 49.0 Å². The van der Waals surface area contributed by atoms with Gasteiger partial charge < -0.3 is 77.9 Å². The van der Waals surface area contributed by atoms with Crippen molar-refractivity contribution in [3.63, 3.8) is 0 Å². The van der Waals surface area contributed by atoms with E-state index in [1.807, 2.05) is 19.9 Å². The van der Waals surface area contributed by atoms with E-state index in [0.29, 0.717) is 12.0 Å². The summed E-state index contributed by atoms with van der Waals surface area (Å²) in [6.07, 6.45) is -7.61. The number of aliphatic hydroxyl groups excluding tert-OH is 4. The third kappa shape index (κ3) is 14.2. The highest BCUT2D eigenvalue weighted by Gasteiger charge is 2.52. The van der Waals surface area contributed by atoms with Gasteiger partial charge in [0.05, 0.1) is 55.2 Å². The van der Waals surface area contributed by atoms with Crippen molar-refractivity contribution in [1.82, 2.24) is 4.90 Å². The molecule has 4 heterocycles. The molecule has 0 aromatic heterocycles. The summed E-state index contributed by atoms with van der Waals surface area (Å²) in [4.78, 5) is 41.3. The van der Waals surface area contributed by atoms with Crippen LogP contribution in [-0.4, -0.2) is 187 Å². The molecule has 0 aromatic rings. The summed E-state index contributed by atoms with van der Waals surface area (Å²) in [6, 6.07) is -0.736. The number of carbonyl (C=O) groups excluding carboxylic acids is 3. The Morgan fingerprint density at radius 1 is 0.862 bits per heavy atom. The summed E-state index contributed by atoms with van der Waals surface area (Å²) in [6.45, 7) is 13.8. The Balaban J connectivity index is 1.63. The largest absolute Gasteiger partial charge is 0.462 e. The second-order valence-corrected chi connectivity index (χ2v) is 19.1. The molecule has 4 rings (SSSR count). The minimum atomic E-state index is -1.49. The van der Waals surface area contributed by atoms with Crippen molar-refractivity contribution in [2.24, 2.45) is 23.7 Å². The molecule has 374 valence electrons. The Morgan fingerprint density at radius 3 is 2.12 bits per heavy atom. The molecule has 21 unspecified atom stereocenters. The Kier molecular flexibility index (Phi) is 21.1. The number of carbonyl (C=O) groups is 3. The van der Waals surface area contributed by atoms with Gasteiger partial charge in [-0.15, -0.1) is 0 Å². The molecule has 0 saturated carbocycles. The first-order valence-electron chi connectivity index (χ1n) is 23.2. The van der Waals surface area contributed by atoms with Crippen LogP contribution in [0.15, 0.2) is 23.8 Å². The molecule has 0 radical (unpaired) electrons. The number of aldehydes is 1. The van der Waals surface area contributed by atoms with E-state index in [0.717, 1.165) is 6.29 Å². The fourth-order valence-corrected chi connectivity index (χ4v) is 9.72. The SMILES string of the molecule is CCC1OC(=O)CC(O)C(C)C(OC2OC(C)C(OC3CC(C)(O)C(O)C(C)O3)C(N(C)C)C2O)C(CCC=O)CC(C)C(=O)/C=C/C(C)=C/C1COC1OC(C)C(O)C(OC)C1OC. The van der Waals surface area contributed by atoms with Crippen LogP contribution < -0.4 is 0 Å². The number of rotatable bonds is 14. The van der Waals surface area contributed by atoms with Gasteiger partial charge in [-0.1, -0.05) is 38.5 Å². The zero-order valence-electron chi connectivity index (χ0n) is 40.4. The van der Waals surface area contributed by atoms with E-state index in [-0.39, 0.29) is 38.1 Å². The molecule has 4 aliphatic heterocycles. The zero-order chi connectivity index (χ0) is 48.5. The number of likely N-dealkylation sites (N-methyl/N-ethyl adjacent to an activating group) is 1. The van der Waals surface area contributed by atoms with Crippen molar-refractivity contribution in [3.05, 3.63) is 23.8 Å². The highest BCUT2D eigenvalue weighted by atomic mass is 16.7. The molecule has 0 amide bonds. The van der Waals surface area contributed by atoms with E-state index >= 15 is 0 Å². The van der Waals surface area contributed by atoms with Crippen LogP contribution in [0.2, 0.25) is 0 Å². The topological polar surface area (TPSA) is 239 Å². The standard InChI is InChI=1S/C47H79NO17/c1-13-34-31(23-59-46-43(58-12)42(57-11)38(53)27(5)61-46)19-24(2)16-17-32(50)25(3)20-30(15-14-18-49)40(26(4)33(51)21-35(52)63-34)65-45-39(54)37(48(9)10)41(28(6)62-45)64-36-22-47(8,56)44(55)29(7)60-36/h16-19,25-31,33-34,36-46,51,53-56H,13-15,20-23H2,1-12H3/b17-16+,24-19+. The fourth-order valence-electron chi connectivity index (χ4n) is 9.72. The van der Waals surface area contributed by atoms with Crippen LogP contribution in [0.5, 0.6) is 0 Å². The van der Waals surface area contributed by atoms with Gasteiger partial charge in [0, 0.05) is 44.8 Å². The summed E-state index contributed by atoms with van der Waals surface area (Å²) >= 11 is 0. The average molecular weight is 930 g/mol. The number of aliphatic hydroxyl groups is 5. The zero-order valence-corrected chi connectivity index (χ0v) is 40.4. The van der Waals surface area contributed by atoms with Crippen LogP contribution in [0.1, 0.15) is 93.9 Å². The lowest BCUT2D eigenvalue weighted by atomic mass is 9.79. The van der Waals surface area contributed by atoms with Gasteiger partial charge in [-0.05, 0) is 80.0 Å². The van der Waals surface area contributed by atoms with Gasteiger partial charge in [0.15, 0.2) is 24.7 Å². The van der Waals surface area contributed by atoms with Gasteiger partial charge in [-0.25, -0.2) is 0 Å². The molecular formula is C47H79NO17. The summed E-state index contributed by atoms with van der Waals surface area (Å²) < 4.78 is 54.9. The van der Waals surface area contributed by atoms with Gasteiger partial charge in [-0.2, -0.15) is 0 Å². The van der Waals surface area contributed by atoms with Gasteiger partial charge in [0.2, 0.25) is 0 Å². The third-order valence-corrected chi connectivity index (χ3v) is 13.7. The Labute approximate surface area is 384 Å². The van der Waals surface area contributed by atoms with E-state index in [4.69, 9.17) is 42.6 Å². The maximum absolute atomic E-state index is 13.8. The van der Waals surface area contributed by atoms with Crippen LogP contribution in [0.4, 0.5) is 0 Å². The summed E-state index contributed by atoms with van der Waals surface area (Å²) in [5, 5.41) is 56.0. The first-order chi connectivity index (χ1) is 30.6. The van der Waals surface area contributed by atoms with E-state index in [1.54, 1.807) is 59.7 Å². The fraction of sp³-hybridized carbons (Fsp3) is 0.851. The second kappa shape index (κ2) is 24.8. The molecule has 18 nitrogen and oxygen atoms in total. The van der Waals surface area contributed by atoms with Gasteiger partial charge in [-0.3, -0.25) is 9.59 Å². The first-order valence-corrected chi connectivity index (χ1v) is 23.2. The number of esters is 1.